The quantitative estimate of drug-likeness (QED) is 0.826. The topological polar surface area (TPSA) is 78.3 Å². The molecule has 98 valence electrons. The van der Waals surface area contributed by atoms with Gasteiger partial charge in [-0.15, -0.1) is 0 Å². The number of halogens is 1. The minimum Gasteiger partial charge on any atom is -0.488 e. The highest BCUT2D eigenvalue weighted by molar-refractivity contribution is 5.96. The van der Waals surface area contributed by atoms with Crippen LogP contribution in [-0.2, 0) is 6.61 Å². The maximum Gasteiger partial charge on any atom is 0.252 e. The first-order valence-electron chi connectivity index (χ1n) is 5.63. The highest BCUT2D eigenvalue weighted by Crippen LogP contribution is 2.22. The number of carbonyl (C=O) groups is 1. The number of hydrogen-bond acceptors (Lipinski definition) is 3. The Morgan fingerprint density at radius 3 is 2.47 bits per heavy atom. The second kappa shape index (κ2) is 5.39. The molecule has 0 spiro atoms. The van der Waals surface area contributed by atoms with Crippen LogP contribution in [0.25, 0.3) is 0 Å². The van der Waals surface area contributed by atoms with Crippen molar-refractivity contribution in [1.82, 2.24) is 0 Å². The first-order chi connectivity index (χ1) is 9.06. The van der Waals surface area contributed by atoms with Gasteiger partial charge in [0.1, 0.15) is 18.2 Å². The van der Waals surface area contributed by atoms with Crippen LogP contribution in [0.5, 0.6) is 5.75 Å². The Balaban J connectivity index is 2.15. The summed E-state index contributed by atoms with van der Waals surface area (Å²) in [5.41, 5.74) is 12.3. The third-order valence-electron chi connectivity index (χ3n) is 2.58. The Bertz CT molecular complexity index is 597. The lowest BCUT2D eigenvalue weighted by Gasteiger charge is -2.10. The molecule has 0 unspecified atom stereocenters. The van der Waals surface area contributed by atoms with E-state index in [2.05, 4.69) is 0 Å². The van der Waals surface area contributed by atoms with Crippen molar-refractivity contribution >= 4 is 11.6 Å². The first-order valence-corrected chi connectivity index (χ1v) is 5.63. The van der Waals surface area contributed by atoms with Crippen LogP contribution >= 0.6 is 0 Å². The zero-order chi connectivity index (χ0) is 13.8. The van der Waals surface area contributed by atoms with Gasteiger partial charge in [-0.25, -0.2) is 4.39 Å². The van der Waals surface area contributed by atoms with Gasteiger partial charge in [0.05, 0.1) is 5.56 Å². The molecule has 0 aliphatic carbocycles. The molecule has 0 atom stereocenters. The number of benzene rings is 2. The van der Waals surface area contributed by atoms with Crippen LogP contribution in [-0.4, -0.2) is 5.91 Å². The third-order valence-corrected chi connectivity index (χ3v) is 2.58. The number of primary amides is 1. The number of nitrogen functional groups attached to an aromatic ring is 1. The van der Waals surface area contributed by atoms with Crippen molar-refractivity contribution in [2.75, 3.05) is 5.73 Å². The van der Waals surface area contributed by atoms with E-state index in [1.165, 1.54) is 18.2 Å². The first kappa shape index (κ1) is 12.9. The molecule has 1 amide bonds. The predicted octanol–water partition coefficient (Wildman–Crippen LogP) is 2.09. The highest BCUT2D eigenvalue weighted by Gasteiger charge is 2.10. The van der Waals surface area contributed by atoms with Gasteiger partial charge in [0, 0.05) is 5.69 Å². The number of carbonyl (C=O) groups excluding carboxylic acids is 1. The zero-order valence-corrected chi connectivity index (χ0v) is 10.1. The molecule has 4 N–H and O–H groups in total. The molecule has 2 aromatic carbocycles. The molecule has 0 aliphatic rings. The number of nitrogens with two attached hydrogens (primary N) is 2. The Hall–Kier alpha value is -2.56. The summed E-state index contributed by atoms with van der Waals surface area (Å²) < 4.78 is 18.2. The van der Waals surface area contributed by atoms with Gasteiger partial charge in [0.2, 0.25) is 0 Å². The lowest BCUT2D eigenvalue weighted by Crippen LogP contribution is -2.13. The molecule has 2 rings (SSSR count). The summed E-state index contributed by atoms with van der Waals surface area (Å²) >= 11 is 0. The van der Waals surface area contributed by atoms with Crippen LogP contribution in [0.2, 0.25) is 0 Å². The standard InChI is InChI=1S/C14H13FN2O2/c15-10-3-1-9(2-4-10)8-19-13-6-5-11(16)7-12(13)14(17)18/h1-7H,8,16H2,(H2,17,18). The molecule has 2 aromatic rings. The Morgan fingerprint density at radius 1 is 1.16 bits per heavy atom. The summed E-state index contributed by atoms with van der Waals surface area (Å²) in [5.74, 6) is -0.568. The van der Waals surface area contributed by atoms with Crippen LogP contribution in [0.15, 0.2) is 42.5 Å². The SMILES string of the molecule is NC(=O)c1cc(N)ccc1OCc1ccc(F)cc1. The van der Waals surface area contributed by atoms with Crippen molar-refractivity contribution in [2.24, 2.45) is 5.73 Å². The lowest BCUT2D eigenvalue weighted by atomic mass is 10.1. The van der Waals surface area contributed by atoms with Crippen LogP contribution in [0.4, 0.5) is 10.1 Å². The molecule has 0 bridgehead atoms. The Morgan fingerprint density at radius 2 is 1.84 bits per heavy atom. The zero-order valence-electron chi connectivity index (χ0n) is 10.1. The van der Waals surface area contributed by atoms with E-state index in [4.69, 9.17) is 16.2 Å². The van der Waals surface area contributed by atoms with E-state index in [0.717, 1.165) is 5.56 Å². The summed E-state index contributed by atoms with van der Waals surface area (Å²) in [5, 5.41) is 0. The van der Waals surface area contributed by atoms with Gasteiger partial charge in [-0.1, -0.05) is 12.1 Å². The van der Waals surface area contributed by atoms with Crippen LogP contribution in [0.1, 0.15) is 15.9 Å². The minimum absolute atomic E-state index is 0.213. The molecule has 0 radical (unpaired) electrons. The van der Waals surface area contributed by atoms with Gasteiger partial charge in [-0.05, 0) is 35.9 Å². The van der Waals surface area contributed by atoms with E-state index in [1.807, 2.05) is 0 Å². The number of ether oxygens (including phenoxy) is 1. The summed E-state index contributed by atoms with van der Waals surface area (Å²) in [6, 6.07) is 10.6. The number of hydrogen-bond donors (Lipinski definition) is 2. The molecule has 0 heterocycles. The highest BCUT2D eigenvalue weighted by atomic mass is 19.1. The summed E-state index contributed by atoms with van der Waals surface area (Å²) in [6.45, 7) is 0.213. The maximum atomic E-state index is 12.7. The van der Waals surface area contributed by atoms with Gasteiger partial charge < -0.3 is 16.2 Å². The monoisotopic (exact) mass is 260 g/mol. The smallest absolute Gasteiger partial charge is 0.252 e. The van der Waals surface area contributed by atoms with Gasteiger partial charge in [0.15, 0.2) is 0 Å². The van der Waals surface area contributed by atoms with Crippen molar-refractivity contribution in [3.8, 4) is 5.75 Å². The maximum absolute atomic E-state index is 12.7. The van der Waals surface area contributed by atoms with E-state index in [1.54, 1.807) is 24.3 Å². The number of anilines is 1. The fraction of sp³-hybridized carbons (Fsp3) is 0.0714. The summed E-state index contributed by atoms with van der Waals surface area (Å²) in [7, 11) is 0. The minimum atomic E-state index is -0.610. The molecule has 19 heavy (non-hydrogen) atoms. The largest absolute Gasteiger partial charge is 0.488 e. The lowest BCUT2D eigenvalue weighted by molar-refractivity contribution is 0.0996. The van der Waals surface area contributed by atoms with Gasteiger partial charge in [0.25, 0.3) is 5.91 Å². The fourth-order valence-corrected chi connectivity index (χ4v) is 1.61. The van der Waals surface area contributed by atoms with Gasteiger partial charge >= 0.3 is 0 Å². The van der Waals surface area contributed by atoms with Crippen molar-refractivity contribution in [3.05, 3.63) is 59.4 Å². The Kier molecular flexibility index (Phi) is 3.66. The molecule has 0 saturated heterocycles. The molecule has 0 fully saturated rings. The van der Waals surface area contributed by atoms with E-state index >= 15 is 0 Å². The van der Waals surface area contributed by atoms with Crippen molar-refractivity contribution in [1.29, 1.82) is 0 Å². The molecular formula is C14H13FN2O2. The van der Waals surface area contributed by atoms with Crippen LogP contribution < -0.4 is 16.2 Å². The van der Waals surface area contributed by atoms with Gasteiger partial charge in [-0.2, -0.15) is 0 Å². The molecular weight excluding hydrogens is 247 g/mol. The Labute approximate surface area is 109 Å². The second-order valence-corrected chi connectivity index (χ2v) is 4.03. The average Bonchev–Trinajstić information content (AvgIpc) is 2.39. The fourth-order valence-electron chi connectivity index (χ4n) is 1.61. The van der Waals surface area contributed by atoms with Crippen molar-refractivity contribution in [2.45, 2.75) is 6.61 Å². The summed E-state index contributed by atoms with van der Waals surface area (Å²) in [6.07, 6.45) is 0. The molecule has 0 aromatic heterocycles. The molecule has 0 aliphatic heterocycles. The molecule has 0 saturated carbocycles. The third kappa shape index (κ3) is 3.22. The van der Waals surface area contributed by atoms with Gasteiger partial charge in [-0.3, -0.25) is 4.79 Å². The van der Waals surface area contributed by atoms with Crippen LogP contribution in [0, 0.1) is 5.82 Å². The summed E-state index contributed by atoms with van der Waals surface area (Å²) in [4.78, 5) is 11.3. The molecule has 5 heteroatoms. The van der Waals surface area contributed by atoms with Crippen LogP contribution in [0.3, 0.4) is 0 Å². The van der Waals surface area contributed by atoms with E-state index < -0.39 is 5.91 Å². The van der Waals surface area contributed by atoms with Crippen molar-refractivity contribution < 1.29 is 13.9 Å². The predicted molar refractivity (Wildman–Crippen MR) is 70.1 cm³/mol. The van der Waals surface area contributed by atoms with E-state index in [-0.39, 0.29) is 18.0 Å². The molecule has 4 nitrogen and oxygen atoms in total. The number of amides is 1. The normalized spacial score (nSPS) is 10.2. The second-order valence-electron chi connectivity index (χ2n) is 4.03. The van der Waals surface area contributed by atoms with Crippen molar-refractivity contribution in [3.63, 3.8) is 0 Å². The van der Waals surface area contributed by atoms with E-state index in [9.17, 15) is 9.18 Å². The number of rotatable bonds is 4. The average molecular weight is 260 g/mol. The van der Waals surface area contributed by atoms with E-state index in [0.29, 0.717) is 11.4 Å².